The summed E-state index contributed by atoms with van der Waals surface area (Å²) in [6.45, 7) is 3.48. The van der Waals surface area contributed by atoms with E-state index in [1.807, 2.05) is 0 Å². The SMILES string of the molecule is O=C(c1cc2n(n1)CCN(S(=O)(=O)C1CC1)C2)N1CCOCC1. The number of rotatable bonds is 3. The van der Waals surface area contributed by atoms with Gasteiger partial charge in [0, 0.05) is 19.6 Å². The van der Waals surface area contributed by atoms with Crippen LogP contribution in [0, 0.1) is 0 Å². The zero-order valence-corrected chi connectivity index (χ0v) is 13.7. The van der Waals surface area contributed by atoms with E-state index >= 15 is 0 Å². The number of hydrogen-bond donors (Lipinski definition) is 0. The summed E-state index contributed by atoms with van der Waals surface area (Å²) in [4.78, 5) is 14.2. The van der Waals surface area contributed by atoms with Crippen LogP contribution in [0.5, 0.6) is 0 Å². The summed E-state index contributed by atoms with van der Waals surface area (Å²) in [7, 11) is -3.18. The molecule has 2 aliphatic heterocycles. The van der Waals surface area contributed by atoms with Crippen LogP contribution in [0.4, 0.5) is 0 Å². The van der Waals surface area contributed by atoms with Crippen LogP contribution in [-0.2, 0) is 27.8 Å². The van der Waals surface area contributed by atoms with E-state index in [9.17, 15) is 13.2 Å². The van der Waals surface area contributed by atoms with Crippen molar-refractivity contribution >= 4 is 15.9 Å². The molecule has 0 unspecified atom stereocenters. The predicted octanol–water partition coefficient (Wildman–Crippen LogP) is -0.337. The molecule has 4 rings (SSSR count). The predicted molar refractivity (Wildman–Crippen MR) is 81.3 cm³/mol. The van der Waals surface area contributed by atoms with Gasteiger partial charge in [0.25, 0.3) is 5.91 Å². The molecule has 1 aromatic rings. The second kappa shape index (κ2) is 5.57. The Labute approximate surface area is 135 Å². The smallest absolute Gasteiger partial charge is 0.274 e. The van der Waals surface area contributed by atoms with Gasteiger partial charge < -0.3 is 9.64 Å². The molecule has 0 atom stereocenters. The first-order valence-corrected chi connectivity index (χ1v) is 9.49. The van der Waals surface area contributed by atoms with Gasteiger partial charge in [-0.2, -0.15) is 9.40 Å². The highest BCUT2D eigenvalue weighted by atomic mass is 32.2. The van der Waals surface area contributed by atoms with Gasteiger partial charge in [0.05, 0.1) is 37.2 Å². The fourth-order valence-electron chi connectivity index (χ4n) is 3.07. The first-order valence-electron chi connectivity index (χ1n) is 7.98. The Kier molecular flexibility index (Phi) is 3.66. The van der Waals surface area contributed by atoms with E-state index in [0.717, 1.165) is 18.5 Å². The highest BCUT2D eigenvalue weighted by Crippen LogP contribution is 2.32. The zero-order chi connectivity index (χ0) is 16.0. The van der Waals surface area contributed by atoms with Crippen LogP contribution in [0.15, 0.2) is 6.07 Å². The van der Waals surface area contributed by atoms with E-state index in [2.05, 4.69) is 5.10 Å². The Hall–Kier alpha value is -1.45. The van der Waals surface area contributed by atoms with Gasteiger partial charge in [0.1, 0.15) is 0 Å². The Bertz CT molecular complexity index is 719. The van der Waals surface area contributed by atoms with Crippen LogP contribution < -0.4 is 0 Å². The molecule has 8 nitrogen and oxygen atoms in total. The van der Waals surface area contributed by atoms with E-state index in [0.29, 0.717) is 51.6 Å². The van der Waals surface area contributed by atoms with Crippen LogP contribution in [0.25, 0.3) is 0 Å². The molecule has 9 heteroatoms. The average Bonchev–Trinajstić information content (AvgIpc) is 3.34. The van der Waals surface area contributed by atoms with E-state index in [-0.39, 0.29) is 11.2 Å². The highest BCUT2D eigenvalue weighted by Gasteiger charge is 2.41. The average molecular weight is 340 g/mol. The molecule has 3 heterocycles. The molecule has 0 N–H and O–H groups in total. The Morgan fingerprint density at radius 1 is 1.17 bits per heavy atom. The number of amides is 1. The van der Waals surface area contributed by atoms with Crippen molar-refractivity contribution in [3.8, 4) is 0 Å². The van der Waals surface area contributed by atoms with Gasteiger partial charge in [-0.1, -0.05) is 0 Å². The second-order valence-corrected chi connectivity index (χ2v) is 8.44. The molecule has 1 aromatic heterocycles. The van der Waals surface area contributed by atoms with Crippen molar-refractivity contribution in [2.24, 2.45) is 0 Å². The maximum atomic E-state index is 12.5. The van der Waals surface area contributed by atoms with Crippen molar-refractivity contribution in [3.05, 3.63) is 17.5 Å². The molecule has 0 bridgehead atoms. The number of nitrogens with zero attached hydrogens (tertiary/aromatic N) is 4. The van der Waals surface area contributed by atoms with Gasteiger partial charge >= 0.3 is 0 Å². The maximum absolute atomic E-state index is 12.5. The molecule has 1 saturated heterocycles. The van der Waals surface area contributed by atoms with Crippen molar-refractivity contribution in [2.45, 2.75) is 31.2 Å². The van der Waals surface area contributed by atoms with Crippen molar-refractivity contribution in [3.63, 3.8) is 0 Å². The fourth-order valence-corrected chi connectivity index (χ4v) is 4.87. The lowest BCUT2D eigenvalue weighted by Crippen LogP contribution is -2.41. The molecule has 0 aromatic carbocycles. The number of hydrogen-bond acceptors (Lipinski definition) is 5. The van der Waals surface area contributed by atoms with Gasteiger partial charge in [-0.05, 0) is 18.9 Å². The molecule has 126 valence electrons. The van der Waals surface area contributed by atoms with E-state index in [1.165, 1.54) is 4.31 Å². The zero-order valence-electron chi connectivity index (χ0n) is 12.8. The highest BCUT2D eigenvalue weighted by molar-refractivity contribution is 7.90. The van der Waals surface area contributed by atoms with E-state index in [4.69, 9.17) is 4.74 Å². The molecule has 0 radical (unpaired) electrons. The van der Waals surface area contributed by atoms with Crippen LogP contribution in [0.1, 0.15) is 29.0 Å². The molecule has 3 aliphatic rings. The minimum atomic E-state index is -3.18. The number of fused-ring (bicyclic) bond motifs is 1. The quantitative estimate of drug-likeness (QED) is 0.752. The molecule has 2 fully saturated rings. The maximum Gasteiger partial charge on any atom is 0.274 e. The molecule has 0 spiro atoms. The summed E-state index contributed by atoms with van der Waals surface area (Å²) in [6.07, 6.45) is 1.53. The standard InChI is InChI=1S/C14H20N4O4S/c19-14(16-5-7-22-8-6-16)13-9-11-10-17(3-4-18(11)15-13)23(20,21)12-1-2-12/h9,12H,1-8,10H2. The van der Waals surface area contributed by atoms with Crippen molar-refractivity contribution in [2.75, 3.05) is 32.8 Å². The lowest BCUT2D eigenvalue weighted by atomic mass is 10.3. The molecular formula is C14H20N4O4S. The Balaban J connectivity index is 1.52. The minimum Gasteiger partial charge on any atom is -0.378 e. The number of sulfonamides is 1. The third-order valence-electron chi connectivity index (χ3n) is 4.59. The largest absolute Gasteiger partial charge is 0.378 e. The molecule has 1 saturated carbocycles. The number of carbonyl (C=O) groups excluding carboxylic acids is 1. The summed E-state index contributed by atoms with van der Waals surface area (Å²) < 4.78 is 33.2. The van der Waals surface area contributed by atoms with Crippen molar-refractivity contribution in [1.82, 2.24) is 19.0 Å². The number of carbonyl (C=O) groups is 1. The van der Waals surface area contributed by atoms with Gasteiger partial charge in [-0.25, -0.2) is 8.42 Å². The second-order valence-electron chi connectivity index (χ2n) is 6.23. The number of morpholine rings is 1. The number of ether oxygens (including phenoxy) is 1. The van der Waals surface area contributed by atoms with Gasteiger partial charge in [-0.15, -0.1) is 0 Å². The minimum absolute atomic E-state index is 0.105. The number of aromatic nitrogens is 2. The third-order valence-corrected chi connectivity index (χ3v) is 6.93. The van der Waals surface area contributed by atoms with E-state index in [1.54, 1.807) is 15.6 Å². The normalized spacial score (nSPS) is 22.9. The van der Waals surface area contributed by atoms with Gasteiger partial charge in [0.15, 0.2) is 5.69 Å². The lowest BCUT2D eigenvalue weighted by molar-refractivity contribution is 0.0298. The van der Waals surface area contributed by atoms with Gasteiger partial charge in [0.2, 0.25) is 10.0 Å². The molecule has 23 heavy (non-hydrogen) atoms. The van der Waals surface area contributed by atoms with Crippen LogP contribution in [0.2, 0.25) is 0 Å². The van der Waals surface area contributed by atoms with Crippen molar-refractivity contribution < 1.29 is 17.9 Å². The Morgan fingerprint density at radius 3 is 2.61 bits per heavy atom. The summed E-state index contributed by atoms with van der Waals surface area (Å²) in [6, 6.07) is 1.73. The third kappa shape index (κ3) is 2.77. The lowest BCUT2D eigenvalue weighted by Gasteiger charge is -2.26. The summed E-state index contributed by atoms with van der Waals surface area (Å²) in [5, 5.41) is 4.16. The van der Waals surface area contributed by atoms with Crippen LogP contribution in [-0.4, -0.2) is 71.4 Å². The van der Waals surface area contributed by atoms with Crippen LogP contribution in [0.3, 0.4) is 0 Å². The molecule has 1 amide bonds. The molecule has 1 aliphatic carbocycles. The molecular weight excluding hydrogens is 320 g/mol. The first kappa shape index (κ1) is 15.1. The van der Waals surface area contributed by atoms with Gasteiger partial charge in [-0.3, -0.25) is 9.48 Å². The monoisotopic (exact) mass is 340 g/mol. The van der Waals surface area contributed by atoms with E-state index < -0.39 is 10.0 Å². The van der Waals surface area contributed by atoms with Crippen LogP contribution >= 0.6 is 0 Å². The summed E-state index contributed by atoms with van der Waals surface area (Å²) in [5.41, 5.74) is 1.18. The first-order chi connectivity index (χ1) is 11.1. The summed E-state index contributed by atoms with van der Waals surface area (Å²) >= 11 is 0. The fraction of sp³-hybridized carbons (Fsp3) is 0.714. The summed E-state index contributed by atoms with van der Waals surface area (Å²) in [5.74, 6) is -0.105. The topological polar surface area (TPSA) is 84.7 Å². The Morgan fingerprint density at radius 2 is 1.91 bits per heavy atom. The van der Waals surface area contributed by atoms with Crippen molar-refractivity contribution in [1.29, 1.82) is 0 Å².